The van der Waals surface area contributed by atoms with Crippen molar-refractivity contribution in [2.75, 3.05) is 19.0 Å². The molecule has 1 aromatic heterocycles. The summed E-state index contributed by atoms with van der Waals surface area (Å²) >= 11 is 5.86. The Morgan fingerprint density at radius 1 is 1.26 bits per heavy atom. The number of hydrogen-bond donors (Lipinski definition) is 1. The highest BCUT2D eigenvalue weighted by Gasteiger charge is 2.03. The maximum absolute atomic E-state index is 5.86. The molecule has 0 fully saturated rings. The van der Waals surface area contributed by atoms with Crippen molar-refractivity contribution in [1.29, 1.82) is 0 Å². The molecule has 0 saturated carbocycles. The molecule has 2 rings (SSSR count). The van der Waals surface area contributed by atoms with Gasteiger partial charge in [-0.15, -0.1) is 0 Å². The number of methoxy groups -OCH3 is 1. The molecule has 1 aromatic carbocycles. The standard InChI is InChI=1S/C15H17ClN2O/c1-11-9-14(15(19-2)10-18-11)17-8-7-12-3-5-13(16)6-4-12/h3-6,9-10H,7-8H2,1-2H3,(H,17,18). The second kappa shape index (κ2) is 6.43. The van der Waals surface area contributed by atoms with Gasteiger partial charge in [0, 0.05) is 17.3 Å². The van der Waals surface area contributed by atoms with Crippen LogP contribution in [-0.2, 0) is 6.42 Å². The Balaban J connectivity index is 1.95. The molecule has 2 aromatic rings. The van der Waals surface area contributed by atoms with Gasteiger partial charge in [0.05, 0.1) is 19.0 Å². The number of ether oxygens (including phenoxy) is 1. The molecular formula is C15H17ClN2O. The van der Waals surface area contributed by atoms with Crippen molar-refractivity contribution in [1.82, 2.24) is 4.98 Å². The molecule has 0 bridgehead atoms. The molecule has 0 aliphatic rings. The van der Waals surface area contributed by atoms with Crippen LogP contribution in [0.25, 0.3) is 0 Å². The lowest BCUT2D eigenvalue weighted by Gasteiger charge is -2.11. The van der Waals surface area contributed by atoms with E-state index >= 15 is 0 Å². The summed E-state index contributed by atoms with van der Waals surface area (Å²) in [7, 11) is 1.65. The zero-order valence-electron chi connectivity index (χ0n) is 11.1. The Hall–Kier alpha value is -1.74. The molecule has 1 N–H and O–H groups in total. The quantitative estimate of drug-likeness (QED) is 0.904. The topological polar surface area (TPSA) is 34.1 Å². The Morgan fingerprint density at radius 2 is 2.00 bits per heavy atom. The maximum atomic E-state index is 5.86. The summed E-state index contributed by atoms with van der Waals surface area (Å²) in [4.78, 5) is 4.21. The fourth-order valence-corrected chi connectivity index (χ4v) is 1.97. The minimum atomic E-state index is 0.765. The number of aromatic nitrogens is 1. The average molecular weight is 277 g/mol. The molecule has 0 amide bonds. The van der Waals surface area contributed by atoms with Gasteiger partial charge in [0.25, 0.3) is 0 Å². The van der Waals surface area contributed by atoms with Crippen LogP contribution < -0.4 is 10.1 Å². The van der Waals surface area contributed by atoms with Crippen molar-refractivity contribution in [3.63, 3.8) is 0 Å². The third kappa shape index (κ3) is 3.86. The third-order valence-electron chi connectivity index (χ3n) is 2.87. The number of nitrogens with one attached hydrogen (secondary N) is 1. The second-order valence-corrected chi connectivity index (χ2v) is 4.77. The maximum Gasteiger partial charge on any atom is 0.160 e. The van der Waals surface area contributed by atoms with Gasteiger partial charge in [-0.3, -0.25) is 4.98 Å². The molecule has 100 valence electrons. The van der Waals surface area contributed by atoms with Gasteiger partial charge in [-0.1, -0.05) is 23.7 Å². The van der Waals surface area contributed by atoms with E-state index in [9.17, 15) is 0 Å². The smallest absolute Gasteiger partial charge is 0.160 e. The van der Waals surface area contributed by atoms with Crippen LogP contribution in [0.3, 0.4) is 0 Å². The predicted octanol–water partition coefficient (Wildman–Crippen LogP) is 3.71. The van der Waals surface area contributed by atoms with E-state index in [1.54, 1.807) is 13.3 Å². The number of hydrogen-bond acceptors (Lipinski definition) is 3. The molecule has 0 saturated heterocycles. The van der Waals surface area contributed by atoms with E-state index in [1.807, 2.05) is 37.3 Å². The summed E-state index contributed by atoms with van der Waals surface area (Å²) in [5.41, 5.74) is 3.19. The van der Waals surface area contributed by atoms with Gasteiger partial charge in [-0.2, -0.15) is 0 Å². The van der Waals surface area contributed by atoms with Crippen LogP contribution in [0.5, 0.6) is 5.75 Å². The monoisotopic (exact) mass is 276 g/mol. The number of anilines is 1. The van der Waals surface area contributed by atoms with Crippen molar-refractivity contribution in [3.05, 3.63) is 52.8 Å². The minimum absolute atomic E-state index is 0.765. The van der Waals surface area contributed by atoms with Gasteiger partial charge in [-0.05, 0) is 37.1 Å². The van der Waals surface area contributed by atoms with E-state index in [2.05, 4.69) is 10.3 Å². The Labute approximate surface area is 118 Å². The first-order valence-electron chi connectivity index (χ1n) is 6.18. The van der Waals surface area contributed by atoms with Crippen molar-refractivity contribution in [3.8, 4) is 5.75 Å². The lowest BCUT2D eigenvalue weighted by Crippen LogP contribution is -2.06. The number of benzene rings is 1. The first-order valence-corrected chi connectivity index (χ1v) is 6.56. The van der Waals surface area contributed by atoms with Crippen LogP contribution in [0.4, 0.5) is 5.69 Å². The van der Waals surface area contributed by atoms with Gasteiger partial charge in [0.2, 0.25) is 0 Å². The Kier molecular flexibility index (Phi) is 4.63. The summed E-state index contributed by atoms with van der Waals surface area (Å²) in [6.45, 7) is 2.80. The predicted molar refractivity (Wildman–Crippen MR) is 79.2 cm³/mol. The highest BCUT2D eigenvalue weighted by Crippen LogP contribution is 2.23. The van der Waals surface area contributed by atoms with Gasteiger partial charge >= 0.3 is 0 Å². The van der Waals surface area contributed by atoms with Crippen LogP contribution in [0.1, 0.15) is 11.3 Å². The summed E-state index contributed by atoms with van der Waals surface area (Å²) in [6, 6.07) is 9.89. The second-order valence-electron chi connectivity index (χ2n) is 4.33. The number of nitrogens with zero attached hydrogens (tertiary/aromatic N) is 1. The van der Waals surface area contributed by atoms with Crippen LogP contribution in [0.2, 0.25) is 5.02 Å². The minimum Gasteiger partial charge on any atom is -0.493 e. The van der Waals surface area contributed by atoms with E-state index in [0.29, 0.717) is 0 Å². The summed E-state index contributed by atoms with van der Waals surface area (Å²) in [5.74, 6) is 0.765. The zero-order valence-corrected chi connectivity index (χ0v) is 11.9. The van der Waals surface area contributed by atoms with Gasteiger partial charge in [0.1, 0.15) is 0 Å². The fraction of sp³-hybridized carbons (Fsp3) is 0.267. The molecular weight excluding hydrogens is 260 g/mol. The van der Waals surface area contributed by atoms with Crippen molar-refractivity contribution < 1.29 is 4.74 Å². The summed E-state index contributed by atoms with van der Waals surface area (Å²) < 4.78 is 5.28. The molecule has 1 heterocycles. The number of rotatable bonds is 5. The lowest BCUT2D eigenvalue weighted by molar-refractivity contribution is 0.414. The molecule has 0 atom stereocenters. The lowest BCUT2D eigenvalue weighted by atomic mass is 10.1. The molecule has 0 aliphatic heterocycles. The first-order chi connectivity index (χ1) is 9.19. The largest absolute Gasteiger partial charge is 0.493 e. The molecule has 4 heteroatoms. The van der Waals surface area contributed by atoms with Gasteiger partial charge in [0.15, 0.2) is 5.75 Å². The van der Waals surface area contributed by atoms with Crippen molar-refractivity contribution >= 4 is 17.3 Å². The fourth-order valence-electron chi connectivity index (χ4n) is 1.84. The SMILES string of the molecule is COc1cnc(C)cc1NCCc1ccc(Cl)cc1. The van der Waals surface area contributed by atoms with E-state index in [-0.39, 0.29) is 0 Å². The van der Waals surface area contributed by atoms with E-state index < -0.39 is 0 Å². The molecule has 0 spiro atoms. The Bertz CT molecular complexity index is 540. The summed E-state index contributed by atoms with van der Waals surface area (Å²) in [6.07, 6.45) is 2.67. The van der Waals surface area contributed by atoms with E-state index in [1.165, 1.54) is 5.56 Å². The Morgan fingerprint density at radius 3 is 2.68 bits per heavy atom. The molecule has 3 nitrogen and oxygen atoms in total. The van der Waals surface area contributed by atoms with Crippen LogP contribution in [0, 0.1) is 6.92 Å². The van der Waals surface area contributed by atoms with Crippen LogP contribution in [-0.4, -0.2) is 18.6 Å². The summed E-state index contributed by atoms with van der Waals surface area (Å²) in [5, 5.41) is 4.14. The number of halogens is 1. The average Bonchev–Trinajstić information content (AvgIpc) is 2.41. The zero-order chi connectivity index (χ0) is 13.7. The first kappa shape index (κ1) is 13.7. The van der Waals surface area contributed by atoms with Crippen molar-refractivity contribution in [2.24, 2.45) is 0 Å². The van der Waals surface area contributed by atoms with E-state index in [4.69, 9.17) is 16.3 Å². The van der Waals surface area contributed by atoms with Gasteiger partial charge in [-0.25, -0.2) is 0 Å². The molecule has 0 radical (unpaired) electrons. The highest BCUT2D eigenvalue weighted by molar-refractivity contribution is 6.30. The molecule has 0 unspecified atom stereocenters. The molecule has 19 heavy (non-hydrogen) atoms. The third-order valence-corrected chi connectivity index (χ3v) is 3.12. The molecule has 0 aliphatic carbocycles. The highest BCUT2D eigenvalue weighted by atomic mass is 35.5. The van der Waals surface area contributed by atoms with Crippen LogP contribution >= 0.6 is 11.6 Å². The van der Waals surface area contributed by atoms with Gasteiger partial charge < -0.3 is 10.1 Å². The van der Waals surface area contributed by atoms with Crippen LogP contribution in [0.15, 0.2) is 36.5 Å². The normalized spacial score (nSPS) is 10.3. The number of pyridine rings is 1. The van der Waals surface area contributed by atoms with E-state index in [0.717, 1.165) is 35.1 Å². The number of aryl methyl sites for hydroxylation is 1. The van der Waals surface area contributed by atoms with Crippen molar-refractivity contribution in [2.45, 2.75) is 13.3 Å².